The van der Waals surface area contributed by atoms with Crippen molar-refractivity contribution in [2.75, 3.05) is 6.54 Å². The van der Waals surface area contributed by atoms with E-state index in [2.05, 4.69) is 10.6 Å². The van der Waals surface area contributed by atoms with E-state index in [0.29, 0.717) is 6.04 Å². The third-order valence-corrected chi connectivity index (χ3v) is 5.61. The van der Waals surface area contributed by atoms with Gasteiger partial charge < -0.3 is 10.6 Å². The van der Waals surface area contributed by atoms with Crippen LogP contribution in [0.1, 0.15) is 57.8 Å². The number of fused-ring (bicyclic) bond motifs is 2. The molecule has 3 heteroatoms. The highest BCUT2D eigenvalue weighted by Crippen LogP contribution is 2.47. The van der Waals surface area contributed by atoms with Crippen LogP contribution in [0.2, 0.25) is 0 Å². The number of thiocarbonyl (C=S) groups is 1. The number of hydrogen-bond donors (Lipinski definition) is 2. The Morgan fingerprint density at radius 1 is 1.00 bits per heavy atom. The Kier molecular flexibility index (Phi) is 4.07. The molecule has 2 N–H and O–H groups in total. The Balaban J connectivity index is 1.36. The summed E-state index contributed by atoms with van der Waals surface area (Å²) in [5.41, 5.74) is 0. The van der Waals surface area contributed by atoms with Gasteiger partial charge in [-0.25, -0.2) is 0 Å². The highest BCUT2D eigenvalue weighted by atomic mass is 32.1. The number of nitrogens with one attached hydrogen (secondary N) is 2. The maximum atomic E-state index is 5.43. The van der Waals surface area contributed by atoms with Gasteiger partial charge in [-0.3, -0.25) is 0 Å². The van der Waals surface area contributed by atoms with E-state index < -0.39 is 0 Å². The fourth-order valence-electron chi connectivity index (χ4n) is 4.33. The molecule has 0 saturated heterocycles. The quantitative estimate of drug-likeness (QED) is 0.767. The van der Waals surface area contributed by atoms with Gasteiger partial charge in [-0.2, -0.15) is 0 Å². The van der Waals surface area contributed by atoms with Crippen molar-refractivity contribution in [1.82, 2.24) is 10.6 Å². The molecule has 0 aliphatic heterocycles. The van der Waals surface area contributed by atoms with Gasteiger partial charge in [0.2, 0.25) is 0 Å². The summed E-state index contributed by atoms with van der Waals surface area (Å²) in [5, 5.41) is 7.89. The Hall–Kier alpha value is -0.310. The highest BCUT2D eigenvalue weighted by molar-refractivity contribution is 7.80. The number of hydrogen-bond acceptors (Lipinski definition) is 1. The summed E-state index contributed by atoms with van der Waals surface area (Å²) >= 11 is 5.43. The zero-order chi connectivity index (χ0) is 12.4. The molecule has 3 atom stereocenters. The average Bonchev–Trinajstić information content (AvgIpc) is 3.00. The number of rotatable bonds is 3. The van der Waals surface area contributed by atoms with E-state index in [4.69, 9.17) is 12.2 Å². The minimum absolute atomic E-state index is 0.638. The van der Waals surface area contributed by atoms with E-state index in [-0.39, 0.29) is 0 Å². The smallest absolute Gasteiger partial charge is 0.166 e. The fraction of sp³-hybridized carbons (Fsp3) is 0.933. The molecule has 3 fully saturated rings. The van der Waals surface area contributed by atoms with Crippen LogP contribution in [0.5, 0.6) is 0 Å². The molecule has 0 spiro atoms. The van der Waals surface area contributed by atoms with Gasteiger partial charge in [0, 0.05) is 12.6 Å². The van der Waals surface area contributed by atoms with E-state index in [1.54, 1.807) is 0 Å². The van der Waals surface area contributed by atoms with Crippen LogP contribution in [0, 0.1) is 17.8 Å². The topological polar surface area (TPSA) is 24.1 Å². The van der Waals surface area contributed by atoms with Crippen molar-refractivity contribution in [2.24, 2.45) is 17.8 Å². The van der Waals surface area contributed by atoms with Gasteiger partial charge in [0.1, 0.15) is 0 Å². The molecule has 18 heavy (non-hydrogen) atoms. The lowest BCUT2D eigenvalue weighted by atomic mass is 9.89. The minimum atomic E-state index is 0.638. The van der Waals surface area contributed by atoms with Gasteiger partial charge in [0.05, 0.1) is 0 Å². The van der Waals surface area contributed by atoms with Crippen LogP contribution in [0.3, 0.4) is 0 Å². The second kappa shape index (κ2) is 5.77. The zero-order valence-corrected chi connectivity index (χ0v) is 12.1. The predicted octanol–water partition coefficient (Wildman–Crippen LogP) is 3.22. The van der Waals surface area contributed by atoms with Crippen molar-refractivity contribution in [3.8, 4) is 0 Å². The third-order valence-electron chi connectivity index (χ3n) is 5.35. The fourth-order valence-corrected chi connectivity index (χ4v) is 4.58. The maximum absolute atomic E-state index is 5.43. The summed E-state index contributed by atoms with van der Waals surface area (Å²) in [5.74, 6) is 2.94. The van der Waals surface area contributed by atoms with E-state index in [9.17, 15) is 0 Å². The molecule has 3 saturated carbocycles. The molecule has 0 aromatic rings. The first-order chi connectivity index (χ1) is 8.81. The highest BCUT2D eigenvalue weighted by Gasteiger charge is 2.39. The summed E-state index contributed by atoms with van der Waals surface area (Å²) in [6.45, 7) is 1.11. The standard InChI is InChI=1S/C15H26N2S/c18-15(17-14-4-2-1-3-5-14)16-10-13-9-11-6-7-12(13)8-11/h11-14H,1-10H2,(H2,16,17,18). The molecule has 0 heterocycles. The summed E-state index contributed by atoms with van der Waals surface area (Å²) in [4.78, 5) is 0. The van der Waals surface area contributed by atoms with E-state index in [1.165, 1.54) is 57.8 Å². The van der Waals surface area contributed by atoms with Gasteiger partial charge in [-0.15, -0.1) is 0 Å². The molecule has 3 rings (SSSR count). The summed E-state index contributed by atoms with van der Waals surface area (Å²) in [6.07, 6.45) is 12.7. The first-order valence-corrected chi connectivity index (χ1v) is 8.26. The lowest BCUT2D eigenvalue weighted by Gasteiger charge is -2.26. The second-order valence-corrected chi connectivity index (χ2v) is 7.03. The van der Waals surface area contributed by atoms with Crippen molar-refractivity contribution in [3.63, 3.8) is 0 Å². The predicted molar refractivity (Wildman–Crippen MR) is 79.5 cm³/mol. The van der Waals surface area contributed by atoms with Crippen LogP contribution in [-0.2, 0) is 0 Å². The molecule has 0 amide bonds. The normalized spacial score (nSPS) is 35.7. The molecule has 0 radical (unpaired) electrons. The van der Waals surface area contributed by atoms with Crippen molar-refractivity contribution in [3.05, 3.63) is 0 Å². The minimum Gasteiger partial charge on any atom is -0.362 e. The molecule has 2 bridgehead atoms. The van der Waals surface area contributed by atoms with Crippen molar-refractivity contribution >= 4 is 17.3 Å². The monoisotopic (exact) mass is 266 g/mol. The van der Waals surface area contributed by atoms with Gasteiger partial charge >= 0.3 is 0 Å². The molecular weight excluding hydrogens is 240 g/mol. The Labute approximate surface area is 116 Å². The Morgan fingerprint density at radius 3 is 2.50 bits per heavy atom. The molecule has 0 aromatic heterocycles. The summed E-state index contributed by atoms with van der Waals surface area (Å²) in [7, 11) is 0. The second-order valence-electron chi connectivity index (χ2n) is 6.62. The van der Waals surface area contributed by atoms with Crippen LogP contribution in [0.25, 0.3) is 0 Å². The van der Waals surface area contributed by atoms with E-state index >= 15 is 0 Å². The molecule has 0 aromatic carbocycles. The van der Waals surface area contributed by atoms with Gasteiger partial charge in [-0.05, 0) is 62.1 Å². The first-order valence-electron chi connectivity index (χ1n) is 7.85. The lowest BCUT2D eigenvalue weighted by molar-refractivity contribution is 0.330. The van der Waals surface area contributed by atoms with Crippen LogP contribution in [-0.4, -0.2) is 17.7 Å². The average molecular weight is 266 g/mol. The third kappa shape index (κ3) is 2.98. The summed E-state index contributed by atoms with van der Waals surface area (Å²) < 4.78 is 0. The Morgan fingerprint density at radius 2 is 1.83 bits per heavy atom. The van der Waals surface area contributed by atoms with Crippen LogP contribution < -0.4 is 10.6 Å². The maximum Gasteiger partial charge on any atom is 0.166 e. The molecule has 2 nitrogen and oxygen atoms in total. The van der Waals surface area contributed by atoms with Gasteiger partial charge in [0.15, 0.2) is 5.11 Å². The van der Waals surface area contributed by atoms with Gasteiger partial charge in [0.25, 0.3) is 0 Å². The molecule has 3 aliphatic rings. The SMILES string of the molecule is S=C(NCC1CC2CCC1C2)NC1CCCCC1. The van der Waals surface area contributed by atoms with Crippen molar-refractivity contribution in [2.45, 2.75) is 63.8 Å². The molecular formula is C15H26N2S. The van der Waals surface area contributed by atoms with Crippen molar-refractivity contribution in [1.29, 1.82) is 0 Å². The lowest BCUT2D eigenvalue weighted by Crippen LogP contribution is -2.44. The van der Waals surface area contributed by atoms with Gasteiger partial charge in [-0.1, -0.05) is 25.7 Å². The largest absolute Gasteiger partial charge is 0.362 e. The van der Waals surface area contributed by atoms with Crippen LogP contribution in [0.15, 0.2) is 0 Å². The van der Waals surface area contributed by atoms with Crippen molar-refractivity contribution < 1.29 is 0 Å². The zero-order valence-electron chi connectivity index (χ0n) is 11.3. The van der Waals surface area contributed by atoms with Crippen LogP contribution >= 0.6 is 12.2 Å². The van der Waals surface area contributed by atoms with E-state index in [1.807, 2.05) is 0 Å². The molecule has 3 unspecified atom stereocenters. The summed E-state index contributed by atoms with van der Waals surface area (Å²) in [6, 6.07) is 0.638. The first kappa shape index (κ1) is 12.7. The van der Waals surface area contributed by atoms with Crippen LogP contribution in [0.4, 0.5) is 0 Å². The Bertz CT molecular complexity index is 299. The molecule has 3 aliphatic carbocycles. The van der Waals surface area contributed by atoms with E-state index in [0.717, 1.165) is 29.4 Å². The molecule has 102 valence electrons.